The van der Waals surface area contributed by atoms with Gasteiger partial charge in [0, 0.05) is 31.2 Å². The normalized spacial score (nSPS) is 17.0. The number of hydrogen-bond donors (Lipinski definition) is 0. The summed E-state index contributed by atoms with van der Waals surface area (Å²) in [5.74, 6) is 0.448. The fraction of sp³-hybridized carbons (Fsp3) is 0.571. The third-order valence-electron chi connectivity index (χ3n) is 3.84. The van der Waals surface area contributed by atoms with E-state index >= 15 is 0 Å². The van der Waals surface area contributed by atoms with Gasteiger partial charge in [-0.25, -0.2) is 4.98 Å². The van der Waals surface area contributed by atoms with E-state index in [0.29, 0.717) is 18.4 Å². The topological polar surface area (TPSA) is 38.9 Å². The third kappa shape index (κ3) is 3.16. The monoisotopic (exact) mass is 313 g/mol. The van der Waals surface area contributed by atoms with Gasteiger partial charge >= 0.3 is 6.18 Å². The first-order valence-electron chi connectivity index (χ1n) is 7.14. The Kier molecular flexibility index (Phi) is 3.72. The Morgan fingerprint density at radius 3 is 2.59 bits per heavy atom. The first-order chi connectivity index (χ1) is 10.3. The van der Waals surface area contributed by atoms with E-state index in [-0.39, 0.29) is 0 Å². The van der Waals surface area contributed by atoms with Gasteiger partial charge in [0.05, 0.1) is 18.3 Å². The predicted octanol–water partition coefficient (Wildman–Crippen LogP) is 2.32. The molecule has 0 N–H and O–H groups in total. The minimum atomic E-state index is -4.23. The molecule has 3 heterocycles. The van der Waals surface area contributed by atoms with Crippen molar-refractivity contribution in [3.05, 3.63) is 35.7 Å². The number of alkyl halides is 3. The molecule has 120 valence electrons. The van der Waals surface area contributed by atoms with Gasteiger partial charge in [0.15, 0.2) is 0 Å². The summed E-state index contributed by atoms with van der Waals surface area (Å²) in [6.45, 7) is 4.96. The Labute approximate surface area is 126 Å². The second kappa shape index (κ2) is 5.42. The number of aryl methyl sites for hydroxylation is 2. The molecular weight excluding hydrogens is 295 g/mol. The molecule has 0 atom stereocenters. The van der Waals surface area contributed by atoms with E-state index in [1.54, 1.807) is 0 Å². The number of likely N-dealkylation sites (tertiary alicyclic amines) is 1. The van der Waals surface area contributed by atoms with Crippen molar-refractivity contribution >= 4 is 0 Å². The first kappa shape index (κ1) is 15.1. The van der Waals surface area contributed by atoms with Crippen molar-refractivity contribution < 1.29 is 13.2 Å². The summed E-state index contributed by atoms with van der Waals surface area (Å²) in [5.41, 5.74) is 2.09. The van der Waals surface area contributed by atoms with Gasteiger partial charge in [0.2, 0.25) is 0 Å². The lowest BCUT2D eigenvalue weighted by atomic mass is 10.1. The van der Waals surface area contributed by atoms with Crippen molar-refractivity contribution in [2.24, 2.45) is 0 Å². The molecule has 22 heavy (non-hydrogen) atoms. The molecule has 0 amide bonds. The molecule has 1 aliphatic rings. The van der Waals surface area contributed by atoms with E-state index in [0.717, 1.165) is 29.0 Å². The van der Waals surface area contributed by atoms with Gasteiger partial charge in [-0.2, -0.15) is 18.3 Å². The summed E-state index contributed by atoms with van der Waals surface area (Å²) in [7, 11) is 0. The van der Waals surface area contributed by atoms with Crippen molar-refractivity contribution in [2.75, 3.05) is 13.1 Å². The standard InChI is InChI=1S/C14H18F3N5/c1-10-5-11(2)22(19-10)12-6-20(7-12)8-13-18-3-4-21(13)9-14(15,16)17/h3-5,12H,6-9H2,1-2H3. The van der Waals surface area contributed by atoms with Crippen LogP contribution in [0.5, 0.6) is 0 Å². The van der Waals surface area contributed by atoms with Gasteiger partial charge in [-0.05, 0) is 19.9 Å². The smallest absolute Gasteiger partial charge is 0.325 e. The van der Waals surface area contributed by atoms with E-state index in [2.05, 4.69) is 15.0 Å². The molecule has 1 aliphatic heterocycles. The Balaban J connectivity index is 1.59. The fourth-order valence-electron chi connectivity index (χ4n) is 2.87. The Morgan fingerprint density at radius 1 is 1.27 bits per heavy atom. The van der Waals surface area contributed by atoms with E-state index < -0.39 is 12.7 Å². The summed E-state index contributed by atoms with van der Waals surface area (Å²) in [6.07, 6.45) is -1.43. The van der Waals surface area contributed by atoms with Crippen LogP contribution in [-0.4, -0.2) is 43.5 Å². The summed E-state index contributed by atoms with van der Waals surface area (Å²) >= 11 is 0. The van der Waals surface area contributed by atoms with Crippen LogP contribution in [0.4, 0.5) is 13.2 Å². The molecule has 0 radical (unpaired) electrons. The van der Waals surface area contributed by atoms with Crippen molar-refractivity contribution in [1.29, 1.82) is 0 Å². The zero-order valence-corrected chi connectivity index (χ0v) is 12.5. The average molecular weight is 313 g/mol. The maximum atomic E-state index is 12.5. The molecule has 0 aromatic carbocycles. The lowest BCUT2D eigenvalue weighted by Gasteiger charge is -2.39. The van der Waals surface area contributed by atoms with Crippen LogP contribution in [0.25, 0.3) is 0 Å². The number of imidazole rings is 1. The minimum Gasteiger partial charge on any atom is -0.325 e. The Hall–Kier alpha value is -1.83. The molecule has 0 saturated carbocycles. The molecule has 1 fully saturated rings. The molecule has 3 rings (SSSR count). The number of rotatable bonds is 4. The van der Waals surface area contributed by atoms with Gasteiger partial charge in [-0.15, -0.1) is 0 Å². The predicted molar refractivity (Wildman–Crippen MR) is 74.3 cm³/mol. The SMILES string of the molecule is Cc1cc(C)n(C2CN(Cc3nccn3CC(F)(F)F)C2)n1. The molecular formula is C14H18F3N5. The van der Waals surface area contributed by atoms with Crippen LogP contribution in [0.1, 0.15) is 23.3 Å². The maximum Gasteiger partial charge on any atom is 0.406 e. The highest BCUT2D eigenvalue weighted by Gasteiger charge is 2.32. The lowest BCUT2D eigenvalue weighted by molar-refractivity contribution is -0.141. The quantitative estimate of drug-likeness (QED) is 0.869. The highest BCUT2D eigenvalue weighted by atomic mass is 19.4. The van der Waals surface area contributed by atoms with Gasteiger partial charge < -0.3 is 4.57 Å². The second-order valence-corrected chi connectivity index (χ2v) is 5.81. The summed E-state index contributed by atoms with van der Waals surface area (Å²) in [4.78, 5) is 6.12. The molecule has 0 bridgehead atoms. The van der Waals surface area contributed by atoms with Gasteiger partial charge in [-0.1, -0.05) is 0 Å². The molecule has 8 heteroatoms. The van der Waals surface area contributed by atoms with E-state index in [4.69, 9.17) is 0 Å². The number of nitrogens with zero attached hydrogens (tertiary/aromatic N) is 5. The summed E-state index contributed by atoms with van der Waals surface area (Å²) < 4.78 is 40.6. The zero-order valence-electron chi connectivity index (χ0n) is 12.5. The van der Waals surface area contributed by atoms with E-state index in [9.17, 15) is 13.2 Å². The van der Waals surface area contributed by atoms with Crippen molar-refractivity contribution in [1.82, 2.24) is 24.2 Å². The van der Waals surface area contributed by atoms with Crippen LogP contribution in [-0.2, 0) is 13.1 Å². The maximum absolute atomic E-state index is 12.5. The molecule has 5 nitrogen and oxygen atoms in total. The third-order valence-corrected chi connectivity index (χ3v) is 3.84. The van der Waals surface area contributed by atoms with Crippen LogP contribution in [0.15, 0.2) is 18.5 Å². The summed E-state index contributed by atoms with van der Waals surface area (Å²) in [5, 5.41) is 4.45. The van der Waals surface area contributed by atoms with Crippen LogP contribution >= 0.6 is 0 Å². The van der Waals surface area contributed by atoms with Crippen molar-refractivity contribution in [2.45, 2.75) is 39.2 Å². The number of halogens is 3. The second-order valence-electron chi connectivity index (χ2n) is 5.81. The fourth-order valence-corrected chi connectivity index (χ4v) is 2.87. The van der Waals surface area contributed by atoms with E-state index in [1.165, 1.54) is 12.4 Å². The van der Waals surface area contributed by atoms with Gasteiger partial charge in [0.1, 0.15) is 12.4 Å². The Morgan fingerprint density at radius 2 is 2.00 bits per heavy atom. The zero-order chi connectivity index (χ0) is 15.9. The van der Waals surface area contributed by atoms with Crippen molar-refractivity contribution in [3.8, 4) is 0 Å². The largest absolute Gasteiger partial charge is 0.406 e. The Bertz CT molecular complexity index is 652. The molecule has 1 saturated heterocycles. The molecule has 0 spiro atoms. The molecule has 0 unspecified atom stereocenters. The van der Waals surface area contributed by atoms with Gasteiger partial charge in [-0.3, -0.25) is 9.58 Å². The molecule has 0 aliphatic carbocycles. The average Bonchev–Trinajstić information content (AvgIpc) is 2.88. The van der Waals surface area contributed by atoms with Crippen molar-refractivity contribution in [3.63, 3.8) is 0 Å². The number of aromatic nitrogens is 4. The van der Waals surface area contributed by atoms with Crippen LogP contribution < -0.4 is 0 Å². The summed E-state index contributed by atoms with van der Waals surface area (Å²) in [6, 6.07) is 2.32. The molecule has 2 aromatic rings. The molecule has 2 aromatic heterocycles. The highest BCUT2D eigenvalue weighted by Crippen LogP contribution is 2.25. The van der Waals surface area contributed by atoms with Crippen LogP contribution in [0.2, 0.25) is 0 Å². The lowest BCUT2D eigenvalue weighted by Crippen LogP contribution is -2.48. The van der Waals surface area contributed by atoms with Gasteiger partial charge in [0.25, 0.3) is 0 Å². The minimum absolute atomic E-state index is 0.291. The first-order valence-corrected chi connectivity index (χ1v) is 7.14. The van der Waals surface area contributed by atoms with E-state index in [1.807, 2.05) is 24.6 Å². The van der Waals surface area contributed by atoms with Crippen LogP contribution in [0.3, 0.4) is 0 Å². The van der Waals surface area contributed by atoms with Crippen LogP contribution in [0, 0.1) is 13.8 Å². The highest BCUT2D eigenvalue weighted by molar-refractivity contribution is 5.09. The number of hydrogen-bond acceptors (Lipinski definition) is 3.